The van der Waals surface area contributed by atoms with Crippen molar-refractivity contribution in [3.63, 3.8) is 0 Å². The summed E-state index contributed by atoms with van der Waals surface area (Å²) < 4.78 is 25.0. The number of para-hydroxylation sites is 1. The zero-order valence-electron chi connectivity index (χ0n) is 20.3. The molecule has 186 valence electrons. The summed E-state index contributed by atoms with van der Waals surface area (Å²) in [6, 6.07) is 16.3. The minimum atomic E-state index is -0.703. The molecule has 7 rings (SSSR count). The van der Waals surface area contributed by atoms with Gasteiger partial charge in [0.05, 0.1) is 36.7 Å². The van der Waals surface area contributed by atoms with Crippen LogP contribution in [0.4, 0.5) is 0 Å². The van der Waals surface area contributed by atoms with Crippen molar-refractivity contribution in [2.24, 2.45) is 0 Å². The zero-order chi connectivity index (χ0) is 25.8. The molecule has 0 aliphatic carbocycles. The Labute approximate surface area is 215 Å². The van der Waals surface area contributed by atoms with Crippen LogP contribution < -0.4 is 19.8 Å². The first kappa shape index (κ1) is 22.0. The first-order chi connectivity index (χ1) is 18.7. The van der Waals surface area contributed by atoms with Crippen molar-refractivity contribution < 1.29 is 18.6 Å². The summed E-state index contributed by atoms with van der Waals surface area (Å²) in [4.78, 5) is 27.1. The van der Waals surface area contributed by atoms with Gasteiger partial charge in [0.15, 0.2) is 17.2 Å². The van der Waals surface area contributed by atoms with Gasteiger partial charge in [-0.1, -0.05) is 12.1 Å². The molecule has 0 bridgehead atoms. The summed E-state index contributed by atoms with van der Waals surface area (Å²) in [5.74, 6) is 1.62. The molecular formula is C28H19N5O5. The Balaban J connectivity index is 1.59. The van der Waals surface area contributed by atoms with Gasteiger partial charge in [-0.2, -0.15) is 0 Å². The molecule has 1 aliphatic heterocycles. The van der Waals surface area contributed by atoms with Crippen molar-refractivity contribution in [3.8, 4) is 34.5 Å². The molecular weight excluding hydrogens is 486 g/mol. The Kier molecular flexibility index (Phi) is 4.87. The van der Waals surface area contributed by atoms with Crippen LogP contribution in [0.3, 0.4) is 0 Å². The fraction of sp³-hybridized carbons (Fsp3) is 0.107. The molecule has 0 fully saturated rings. The maximum Gasteiger partial charge on any atom is 0.344 e. The van der Waals surface area contributed by atoms with E-state index in [1.54, 1.807) is 61.7 Å². The molecule has 0 saturated carbocycles. The third-order valence-corrected chi connectivity index (χ3v) is 6.65. The number of hydrogen-bond acceptors (Lipinski definition) is 9. The van der Waals surface area contributed by atoms with Gasteiger partial charge < -0.3 is 18.6 Å². The Morgan fingerprint density at radius 2 is 1.82 bits per heavy atom. The molecule has 0 saturated heterocycles. The Hall–Kier alpha value is -5.25. The molecule has 1 aliphatic rings. The second-order valence-electron chi connectivity index (χ2n) is 8.67. The lowest BCUT2D eigenvalue weighted by atomic mass is 9.83. The van der Waals surface area contributed by atoms with Crippen molar-refractivity contribution in [2.45, 2.75) is 5.92 Å². The van der Waals surface area contributed by atoms with E-state index in [9.17, 15) is 4.79 Å². The zero-order valence-corrected chi connectivity index (χ0v) is 20.3. The van der Waals surface area contributed by atoms with Gasteiger partial charge in [0.2, 0.25) is 5.88 Å². The predicted octanol–water partition coefficient (Wildman–Crippen LogP) is 4.60. The number of ether oxygens (including phenoxy) is 3. The van der Waals surface area contributed by atoms with Crippen molar-refractivity contribution in [1.82, 2.24) is 24.6 Å². The van der Waals surface area contributed by atoms with E-state index < -0.39 is 11.5 Å². The molecule has 2 aromatic carbocycles. The number of pyridine rings is 1. The molecule has 0 N–H and O–H groups in total. The highest BCUT2D eigenvalue weighted by molar-refractivity contribution is 5.87. The SMILES string of the molecule is COc1ccc(OC)c(C2c3c(c4ccccc4oc3=O)Oc3ncn4nc(-c5ccncc5)nc4c32)c1. The van der Waals surface area contributed by atoms with Gasteiger partial charge in [0.25, 0.3) is 0 Å². The second kappa shape index (κ2) is 8.41. The van der Waals surface area contributed by atoms with Gasteiger partial charge in [0, 0.05) is 23.5 Å². The van der Waals surface area contributed by atoms with Crippen LogP contribution in [-0.2, 0) is 0 Å². The molecule has 0 amide bonds. The highest BCUT2D eigenvalue weighted by Gasteiger charge is 2.39. The molecule has 1 unspecified atom stereocenters. The van der Waals surface area contributed by atoms with Crippen molar-refractivity contribution in [1.29, 1.82) is 0 Å². The molecule has 4 aromatic heterocycles. The lowest BCUT2D eigenvalue weighted by molar-refractivity contribution is 0.392. The molecule has 5 heterocycles. The average molecular weight is 505 g/mol. The van der Waals surface area contributed by atoms with E-state index in [-0.39, 0.29) is 0 Å². The molecule has 0 radical (unpaired) electrons. The summed E-state index contributed by atoms with van der Waals surface area (Å²) in [5, 5.41) is 5.28. The van der Waals surface area contributed by atoms with E-state index in [4.69, 9.17) is 23.6 Å². The summed E-state index contributed by atoms with van der Waals surface area (Å²) in [6.07, 6.45) is 4.90. The van der Waals surface area contributed by atoms with E-state index in [0.29, 0.717) is 62.3 Å². The Morgan fingerprint density at radius 1 is 0.974 bits per heavy atom. The van der Waals surface area contributed by atoms with Crippen molar-refractivity contribution >= 4 is 16.6 Å². The van der Waals surface area contributed by atoms with Gasteiger partial charge in [-0.25, -0.2) is 19.3 Å². The minimum Gasteiger partial charge on any atom is -0.497 e. The summed E-state index contributed by atoms with van der Waals surface area (Å²) in [5.41, 5.74) is 2.69. The van der Waals surface area contributed by atoms with Crippen LogP contribution in [0.15, 0.2) is 82.5 Å². The van der Waals surface area contributed by atoms with Crippen LogP contribution in [0, 0.1) is 0 Å². The van der Waals surface area contributed by atoms with Crippen LogP contribution in [0.5, 0.6) is 23.1 Å². The van der Waals surface area contributed by atoms with E-state index in [1.165, 1.54) is 0 Å². The third-order valence-electron chi connectivity index (χ3n) is 6.65. The monoisotopic (exact) mass is 505 g/mol. The van der Waals surface area contributed by atoms with Crippen molar-refractivity contribution in [3.05, 3.63) is 100 Å². The highest BCUT2D eigenvalue weighted by Crippen LogP contribution is 2.51. The average Bonchev–Trinajstić information content (AvgIpc) is 3.41. The standard InChI is InChI=1S/C28H19N5O5/c1-35-16-7-8-19(36-2)18(13-16)21-22-24(17-5-3-4-6-20(17)37-28(22)34)38-27-23(21)26-31-25(32-33(26)14-30-27)15-9-11-29-12-10-15/h3-14,21H,1-2H3. The van der Waals surface area contributed by atoms with Gasteiger partial charge >= 0.3 is 5.63 Å². The fourth-order valence-electron chi connectivity index (χ4n) is 4.93. The molecule has 0 spiro atoms. The largest absolute Gasteiger partial charge is 0.497 e. The highest BCUT2D eigenvalue weighted by atomic mass is 16.5. The number of hydrogen-bond donors (Lipinski definition) is 0. The first-order valence-corrected chi connectivity index (χ1v) is 11.8. The smallest absolute Gasteiger partial charge is 0.344 e. The molecule has 10 heteroatoms. The van der Waals surface area contributed by atoms with E-state index in [1.807, 2.05) is 30.3 Å². The van der Waals surface area contributed by atoms with Gasteiger partial charge in [-0.15, -0.1) is 5.10 Å². The first-order valence-electron chi connectivity index (χ1n) is 11.8. The topological polar surface area (TPSA) is 114 Å². The van der Waals surface area contributed by atoms with E-state index in [2.05, 4.69) is 15.1 Å². The lowest BCUT2D eigenvalue weighted by Gasteiger charge is -2.28. The normalized spacial score (nSPS) is 14.1. The number of aromatic nitrogens is 5. The maximum absolute atomic E-state index is 13.6. The predicted molar refractivity (Wildman–Crippen MR) is 137 cm³/mol. The Bertz CT molecular complexity index is 1920. The minimum absolute atomic E-state index is 0.310. The Morgan fingerprint density at radius 3 is 2.63 bits per heavy atom. The van der Waals surface area contributed by atoms with Crippen LogP contribution in [0.1, 0.15) is 22.6 Å². The number of benzene rings is 2. The van der Waals surface area contributed by atoms with Crippen LogP contribution >= 0.6 is 0 Å². The number of rotatable bonds is 4. The molecule has 1 atom stereocenters. The summed E-state index contributed by atoms with van der Waals surface area (Å²) >= 11 is 0. The van der Waals surface area contributed by atoms with Crippen LogP contribution in [-0.4, -0.2) is 38.8 Å². The number of fused-ring (bicyclic) bond motifs is 6. The van der Waals surface area contributed by atoms with E-state index >= 15 is 0 Å². The summed E-state index contributed by atoms with van der Waals surface area (Å²) in [6.45, 7) is 0. The quantitative estimate of drug-likeness (QED) is 0.317. The lowest BCUT2D eigenvalue weighted by Crippen LogP contribution is -2.22. The molecule has 10 nitrogen and oxygen atoms in total. The number of methoxy groups -OCH3 is 2. The summed E-state index contributed by atoms with van der Waals surface area (Å²) in [7, 11) is 3.16. The van der Waals surface area contributed by atoms with Gasteiger partial charge in [-0.3, -0.25) is 4.98 Å². The van der Waals surface area contributed by atoms with Crippen LogP contribution in [0.2, 0.25) is 0 Å². The number of nitrogens with zero attached hydrogens (tertiary/aromatic N) is 5. The second-order valence-corrected chi connectivity index (χ2v) is 8.67. The fourth-order valence-corrected chi connectivity index (χ4v) is 4.93. The van der Waals surface area contributed by atoms with Gasteiger partial charge in [-0.05, 0) is 42.5 Å². The van der Waals surface area contributed by atoms with Gasteiger partial charge in [0.1, 0.15) is 23.4 Å². The third kappa shape index (κ3) is 3.23. The molecule has 38 heavy (non-hydrogen) atoms. The van der Waals surface area contributed by atoms with Crippen molar-refractivity contribution in [2.75, 3.05) is 14.2 Å². The molecule has 6 aromatic rings. The van der Waals surface area contributed by atoms with E-state index in [0.717, 1.165) is 5.56 Å². The maximum atomic E-state index is 13.6. The van der Waals surface area contributed by atoms with Crippen LogP contribution in [0.25, 0.3) is 28.0 Å².